The number of likely N-dealkylation sites (tertiary alicyclic amines) is 1. The van der Waals surface area contributed by atoms with Crippen LogP contribution in [0.2, 0.25) is 0 Å². The maximum Gasteiger partial charge on any atom is 0.353 e. The highest BCUT2D eigenvalue weighted by atomic mass is 32.2. The van der Waals surface area contributed by atoms with E-state index >= 15 is 0 Å². The van der Waals surface area contributed by atoms with Gasteiger partial charge >= 0.3 is 12.0 Å². The first-order valence-corrected chi connectivity index (χ1v) is 14.0. The highest BCUT2D eigenvalue weighted by molar-refractivity contribution is 8.04. The molecule has 2 saturated heterocycles. The lowest BCUT2D eigenvalue weighted by Gasteiger charge is -2.49. The largest absolute Gasteiger partial charge is 0.508 e. The number of urea groups is 1. The van der Waals surface area contributed by atoms with Crippen LogP contribution < -0.4 is 10.6 Å². The smallest absolute Gasteiger partial charge is 0.353 e. The number of nitrogens with one attached hydrogen (secondary N) is 2. The molecule has 1 aromatic carbocycles. The molecule has 5 heterocycles. The Labute approximate surface area is 235 Å². The molecule has 13 nitrogen and oxygen atoms in total. The Bertz CT molecular complexity index is 1490. The zero-order valence-electron chi connectivity index (χ0n) is 20.8. The number of nitrogens with zero attached hydrogens (tertiary/aromatic N) is 5. The molecular formula is C25H23N7O6S2. The molecule has 3 atom stereocenters. The monoisotopic (exact) mass is 581 g/mol. The van der Waals surface area contributed by atoms with Crippen molar-refractivity contribution in [3.63, 3.8) is 0 Å². The molecule has 4 N–H and O–H groups in total. The van der Waals surface area contributed by atoms with Gasteiger partial charge in [-0.1, -0.05) is 35.3 Å². The second kappa shape index (κ2) is 10.3. The van der Waals surface area contributed by atoms with Crippen molar-refractivity contribution in [1.82, 2.24) is 24.9 Å². The van der Waals surface area contributed by atoms with Gasteiger partial charge in [0.05, 0.1) is 12.6 Å². The van der Waals surface area contributed by atoms with Crippen LogP contribution in [0.3, 0.4) is 0 Å². The number of carbonyl (C=O) groups is 4. The van der Waals surface area contributed by atoms with Crippen LogP contribution in [0.15, 0.2) is 63.6 Å². The summed E-state index contributed by atoms with van der Waals surface area (Å²) in [5, 5.41) is 33.3. The number of rotatable bonds is 7. The Hall–Kier alpha value is -4.37. The van der Waals surface area contributed by atoms with Crippen molar-refractivity contribution in [2.24, 2.45) is 5.92 Å². The summed E-state index contributed by atoms with van der Waals surface area (Å²) in [4.78, 5) is 55.8. The van der Waals surface area contributed by atoms with Gasteiger partial charge in [0.1, 0.15) is 17.5 Å². The van der Waals surface area contributed by atoms with E-state index in [4.69, 9.17) is 0 Å². The third kappa shape index (κ3) is 4.77. The third-order valence-electron chi connectivity index (χ3n) is 6.99. The van der Waals surface area contributed by atoms with E-state index in [1.807, 2.05) is 29.3 Å². The molecule has 4 aliphatic rings. The summed E-state index contributed by atoms with van der Waals surface area (Å²) in [6, 6.07) is 4.35. The summed E-state index contributed by atoms with van der Waals surface area (Å²) in [5.41, 5.74) is 0.351. The molecule has 40 heavy (non-hydrogen) atoms. The molecular weight excluding hydrogens is 558 g/mol. The van der Waals surface area contributed by atoms with Crippen LogP contribution in [0.4, 0.5) is 15.6 Å². The summed E-state index contributed by atoms with van der Waals surface area (Å²) in [5.74, 6) is -2.04. The lowest BCUT2D eigenvalue weighted by molar-refractivity contribution is -0.155. The summed E-state index contributed by atoms with van der Waals surface area (Å²) in [7, 11) is 0. The van der Waals surface area contributed by atoms with Gasteiger partial charge in [-0.2, -0.15) is 0 Å². The number of hydrogen-bond acceptors (Lipinski definition) is 10. The van der Waals surface area contributed by atoms with Gasteiger partial charge in [-0.15, -0.1) is 10.2 Å². The molecule has 4 aliphatic heterocycles. The van der Waals surface area contributed by atoms with E-state index in [9.17, 15) is 29.4 Å². The van der Waals surface area contributed by atoms with E-state index in [1.54, 1.807) is 12.1 Å². The number of anilines is 2. The Morgan fingerprint density at radius 3 is 2.65 bits per heavy atom. The number of aliphatic carboxylic acids is 1. The molecule has 2 aromatic rings. The van der Waals surface area contributed by atoms with Gasteiger partial charge in [0.2, 0.25) is 11.0 Å². The molecule has 6 rings (SSSR count). The van der Waals surface area contributed by atoms with Gasteiger partial charge in [0, 0.05) is 29.6 Å². The second-order valence-corrected chi connectivity index (χ2v) is 11.9. The summed E-state index contributed by atoms with van der Waals surface area (Å²) < 4.78 is 0.424. The van der Waals surface area contributed by atoms with E-state index in [0.29, 0.717) is 27.9 Å². The highest BCUT2D eigenvalue weighted by Crippen LogP contribution is 2.51. The molecule has 0 bridgehead atoms. The van der Waals surface area contributed by atoms with Crippen molar-refractivity contribution in [2.75, 3.05) is 30.3 Å². The van der Waals surface area contributed by atoms with Crippen LogP contribution in [0.1, 0.15) is 6.42 Å². The molecule has 2 fully saturated rings. The number of phenolic OH excluding ortho intramolecular Hbond substituents is 1. The van der Waals surface area contributed by atoms with Crippen molar-refractivity contribution in [1.29, 1.82) is 0 Å². The van der Waals surface area contributed by atoms with Crippen LogP contribution in [-0.2, 0) is 14.4 Å². The quantitative estimate of drug-likeness (QED) is 0.216. The molecule has 15 heteroatoms. The topological polar surface area (TPSA) is 168 Å². The van der Waals surface area contributed by atoms with Crippen molar-refractivity contribution < 1.29 is 29.4 Å². The number of amides is 4. The average Bonchev–Trinajstić information content (AvgIpc) is 3.52. The van der Waals surface area contributed by atoms with E-state index in [1.165, 1.54) is 21.9 Å². The molecule has 4 amide bonds. The minimum Gasteiger partial charge on any atom is -0.508 e. The van der Waals surface area contributed by atoms with Gasteiger partial charge < -0.3 is 25.3 Å². The van der Waals surface area contributed by atoms with Crippen LogP contribution in [0, 0.1) is 5.92 Å². The zero-order valence-corrected chi connectivity index (χ0v) is 22.4. The summed E-state index contributed by atoms with van der Waals surface area (Å²) in [6.07, 6.45) is 7.85. The molecule has 0 aliphatic carbocycles. The fourth-order valence-electron chi connectivity index (χ4n) is 5.30. The number of benzene rings is 1. The number of aromatic hydroxyl groups is 1. The zero-order chi connectivity index (χ0) is 28.0. The van der Waals surface area contributed by atoms with Gasteiger partial charge in [-0.25, -0.2) is 9.59 Å². The maximum atomic E-state index is 13.1. The van der Waals surface area contributed by atoms with Crippen LogP contribution in [0.25, 0.3) is 0 Å². The number of allylic oxidation sites excluding steroid dienone is 3. The first-order valence-electron chi connectivity index (χ1n) is 12.3. The number of aromatic nitrogens is 2. The lowest BCUT2D eigenvalue weighted by atomic mass is 9.82. The predicted octanol–water partition coefficient (Wildman–Crippen LogP) is 2.10. The number of carboxylic acid groups (broad SMARTS) is 1. The van der Waals surface area contributed by atoms with Gasteiger partial charge in [0.15, 0.2) is 4.34 Å². The summed E-state index contributed by atoms with van der Waals surface area (Å²) in [6.45, 7) is 1.05. The van der Waals surface area contributed by atoms with Crippen LogP contribution in [-0.4, -0.2) is 90.6 Å². The highest BCUT2D eigenvalue weighted by Gasteiger charge is 2.64. The number of carbonyl (C=O) groups excluding carboxylic acids is 3. The SMILES string of the molecule is O=C(CN1C=CC=CC1)Nc1nnc(SC2=C(C(=O)O)N3C(=O)[C@@H]4[C@H]3[C@H](C2)CN4C(=O)Nc2ccc(O)cc2)s1. The van der Waals surface area contributed by atoms with E-state index in [2.05, 4.69) is 20.8 Å². The maximum absolute atomic E-state index is 13.1. The fraction of sp³-hybridized carbons (Fsp3) is 0.280. The number of thioether (sulfide) groups is 1. The normalized spacial score (nSPS) is 22.8. The van der Waals surface area contributed by atoms with Crippen LogP contribution in [0.5, 0.6) is 5.75 Å². The van der Waals surface area contributed by atoms with Crippen molar-refractivity contribution in [3.8, 4) is 5.75 Å². The standard InChI is InChI=1S/C25H23N7O6S2/c33-15-6-4-14(5-7-15)26-24(38)31-11-13-10-16(19(22(36)37)32-18(13)20(31)21(32)35)39-25-29-28-23(40-25)27-17(34)12-30-8-2-1-3-9-30/h1-8,13,18,20,33H,9-12H2,(H,26,38)(H,36,37)(H,27,28,34)/t13-,18-,20+/m1/s1. The number of β-lactam (4-membered cyclic amide) rings is 1. The lowest BCUT2D eigenvalue weighted by Crippen LogP contribution is -2.69. The van der Waals surface area contributed by atoms with Gasteiger partial charge in [-0.3, -0.25) is 19.8 Å². The first-order chi connectivity index (χ1) is 19.3. The van der Waals surface area contributed by atoms with Crippen molar-refractivity contribution in [3.05, 3.63) is 59.3 Å². The number of hydrogen-bond donors (Lipinski definition) is 4. The molecule has 0 unspecified atom stereocenters. The third-order valence-corrected chi connectivity index (χ3v) is 8.99. The molecule has 1 aromatic heterocycles. The fourth-order valence-corrected chi connectivity index (χ4v) is 7.38. The van der Waals surface area contributed by atoms with Crippen molar-refractivity contribution in [2.45, 2.75) is 22.8 Å². The summed E-state index contributed by atoms with van der Waals surface area (Å²) >= 11 is 2.22. The van der Waals surface area contributed by atoms with Crippen LogP contribution >= 0.6 is 23.1 Å². The van der Waals surface area contributed by atoms with E-state index < -0.39 is 30.0 Å². The van der Waals surface area contributed by atoms with E-state index in [0.717, 1.165) is 23.1 Å². The average molecular weight is 582 g/mol. The minimum atomic E-state index is -1.23. The molecule has 0 radical (unpaired) electrons. The number of carboxylic acids is 1. The molecule has 0 spiro atoms. The Kier molecular flexibility index (Phi) is 6.67. The van der Waals surface area contributed by atoms with Crippen molar-refractivity contribution >= 4 is 57.7 Å². The minimum absolute atomic E-state index is 0.0600. The predicted molar refractivity (Wildman–Crippen MR) is 145 cm³/mol. The van der Waals surface area contributed by atoms with Gasteiger partial charge in [-0.05, 0) is 43.0 Å². The Morgan fingerprint density at radius 1 is 1.12 bits per heavy atom. The molecule has 206 valence electrons. The first kappa shape index (κ1) is 25.9. The van der Waals surface area contributed by atoms with Gasteiger partial charge in [0.25, 0.3) is 5.91 Å². The number of phenols is 1. The Balaban J connectivity index is 1.14. The second-order valence-electron chi connectivity index (χ2n) is 9.54. The molecule has 0 saturated carbocycles. The Morgan fingerprint density at radius 2 is 1.93 bits per heavy atom. The van der Waals surface area contributed by atoms with E-state index in [-0.39, 0.29) is 41.5 Å².